The zero-order valence-electron chi connectivity index (χ0n) is 26.1. The largest absolute Gasteiger partial charge is 0.508 e. The minimum atomic E-state index is -0.675. The summed E-state index contributed by atoms with van der Waals surface area (Å²) in [6.07, 6.45) is 10.9. The summed E-state index contributed by atoms with van der Waals surface area (Å²) >= 11 is 0. The van der Waals surface area contributed by atoms with Crippen LogP contribution in [0.1, 0.15) is 49.7 Å². The van der Waals surface area contributed by atoms with E-state index in [1.165, 1.54) is 44.2 Å². The van der Waals surface area contributed by atoms with Crippen LogP contribution in [0.25, 0.3) is 33.0 Å². The number of ether oxygens (including phenoxy) is 1. The lowest BCUT2D eigenvalue weighted by atomic mass is 9.95. The zero-order chi connectivity index (χ0) is 32.5. The number of anilines is 1. The molecule has 0 saturated carbocycles. The van der Waals surface area contributed by atoms with Gasteiger partial charge in [-0.15, -0.1) is 6.42 Å². The maximum absolute atomic E-state index is 14.6. The maximum atomic E-state index is 14.6. The molecule has 3 aliphatic rings. The van der Waals surface area contributed by atoms with Crippen LogP contribution in [-0.4, -0.2) is 77.2 Å². The molecule has 4 aromatic rings. The van der Waals surface area contributed by atoms with Gasteiger partial charge in [0.25, 0.3) is 0 Å². The highest BCUT2D eigenvalue weighted by molar-refractivity contribution is 6.03. The first-order valence-electron chi connectivity index (χ1n) is 15.8. The van der Waals surface area contributed by atoms with Gasteiger partial charge in [0.15, 0.2) is 5.82 Å². The van der Waals surface area contributed by atoms with Crippen molar-refractivity contribution in [1.82, 2.24) is 14.9 Å². The summed E-state index contributed by atoms with van der Waals surface area (Å²) in [4.78, 5) is 26.8. The standard InChI is InChI=1S/C28H26FN3O5.C7H12FN/c1-4-19-21(29)8-7-17-12-18(34)13-20(22(17)19)25-15(2)24-23(27(35)37-25)26(31-28(30-24)36-3)32-10-5-6-16(14-33)9-11-32;8-6-4-7-2-1-3-9(7)5-6/h1,7-8,12-13,16,33-34H,5-6,9-11,14H2,2-3H3;6-7H,1-5H2. The third kappa shape index (κ3) is 5.99. The predicted octanol–water partition coefficient (Wildman–Crippen LogP) is 5.34. The predicted molar refractivity (Wildman–Crippen MR) is 173 cm³/mol. The molecule has 2 aromatic carbocycles. The van der Waals surface area contributed by atoms with Gasteiger partial charge in [-0.1, -0.05) is 12.0 Å². The van der Waals surface area contributed by atoms with Crippen molar-refractivity contribution in [3.63, 3.8) is 0 Å². The molecule has 242 valence electrons. The highest BCUT2D eigenvalue weighted by atomic mass is 19.1. The van der Waals surface area contributed by atoms with Gasteiger partial charge in [0.2, 0.25) is 0 Å². The Balaban J connectivity index is 0.000000352. The van der Waals surface area contributed by atoms with Gasteiger partial charge in [-0.05, 0) is 81.5 Å². The van der Waals surface area contributed by atoms with Gasteiger partial charge in [-0.25, -0.2) is 13.6 Å². The number of halogens is 2. The molecule has 0 aliphatic carbocycles. The smallest absolute Gasteiger partial charge is 0.349 e. The summed E-state index contributed by atoms with van der Waals surface area (Å²) in [5.41, 5.74) is 0.411. The van der Waals surface area contributed by atoms with E-state index in [2.05, 4.69) is 20.8 Å². The van der Waals surface area contributed by atoms with E-state index in [4.69, 9.17) is 15.6 Å². The topological polar surface area (TPSA) is 112 Å². The van der Waals surface area contributed by atoms with Gasteiger partial charge < -0.3 is 24.3 Å². The Morgan fingerprint density at radius 1 is 1.13 bits per heavy atom. The minimum Gasteiger partial charge on any atom is -0.508 e. The van der Waals surface area contributed by atoms with Crippen molar-refractivity contribution < 1.29 is 28.1 Å². The molecule has 2 N–H and O–H groups in total. The lowest BCUT2D eigenvalue weighted by molar-refractivity contribution is 0.215. The van der Waals surface area contributed by atoms with Crippen molar-refractivity contribution in [2.45, 2.75) is 57.7 Å². The van der Waals surface area contributed by atoms with E-state index in [-0.39, 0.29) is 46.6 Å². The average molecular weight is 633 g/mol. The van der Waals surface area contributed by atoms with Crippen molar-refractivity contribution in [2.24, 2.45) is 5.92 Å². The Hall–Kier alpha value is -4.27. The molecule has 2 aromatic heterocycles. The molecule has 3 unspecified atom stereocenters. The molecule has 3 atom stereocenters. The zero-order valence-corrected chi connectivity index (χ0v) is 26.1. The molecule has 46 heavy (non-hydrogen) atoms. The summed E-state index contributed by atoms with van der Waals surface area (Å²) in [5.74, 6) is 2.39. The summed E-state index contributed by atoms with van der Waals surface area (Å²) < 4.78 is 38.5. The quantitative estimate of drug-likeness (QED) is 0.288. The fraction of sp³-hybridized carbons (Fsp3) is 0.457. The Morgan fingerprint density at radius 3 is 2.67 bits per heavy atom. The number of aliphatic hydroxyl groups excluding tert-OH is 1. The molecular formula is C35H38F2N4O5. The molecule has 0 radical (unpaired) electrons. The van der Waals surface area contributed by atoms with Gasteiger partial charge in [0, 0.05) is 48.8 Å². The van der Waals surface area contributed by atoms with E-state index in [1.807, 2.05) is 4.90 Å². The van der Waals surface area contributed by atoms with Crippen molar-refractivity contribution in [3.8, 4) is 35.4 Å². The van der Waals surface area contributed by atoms with Crippen molar-refractivity contribution in [1.29, 1.82) is 0 Å². The highest BCUT2D eigenvalue weighted by Gasteiger charge is 2.34. The van der Waals surface area contributed by atoms with Crippen LogP contribution in [0.2, 0.25) is 0 Å². The second-order valence-electron chi connectivity index (χ2n) is 12.3. The van der Waals surface area contributed by atoms with Crippen LogP contribution >= 0.6 is 0 Å². The van der Waals surface area contributed by atoms with Crippen LogP contribution in [0, 0.1) is 31.0 Å². The average Bonchev–Trinajstić information content (AvgIpc) is 3.54. The molecule has 0 spiro atoms. The third-order valence-electron chi connectivity index (χ3n) is 9.45. The number of aromatic hydroxyl groups is 1. The van der Waals surface area contributed by atoms with Gasteiger partial charge in [-0.2, -0.15) is 9.97 Å². The molecule has 5 heterocycles. The number of aryl methyl sites for hydroxylation is 1. The van der Waals surface area contributed by atoms with Gasteiger partial charge >= 0.3 is 11.6 Å². The maximum Gasteiger partial charge on any atom is 0.349 e. The summed E-state index contributed by atoms with van der Waals surface area (Å²) in [7, 11) is 1.45. The second-order valence-corrected chi connectivity index (χ2v) is 12.3. The van der Waals surface area contributed by atoms with Crippen LogP contribution in [0.4, 0.5) is 14.6 Å². The highest BCUT2D eigenvalue weighted by Crippen LogP contribution is 2.39. The molecule has 7 rings (SSSR count). The van der Waals surface area contributed by atoms with Crippen molar-refractivity contribution in [3.05, 3.63) is 51.6 Å². The number of phenols is 1. The number of rotatable bonds is 4. The third-order valence-corrected chi connectivity index (χ3v) is 9.45. The molecule has 9 nitrogen and oxygen atoms in total. The number of phenolic OH excluding ortho intramolecular Hbond substituents is 1. The first-order chi connectivity index (χ1) is 22.2. The Morgan fingerprint density at radius 2 is 1.93 bits per heavy atom. The summed E-state index contributed by atoms with van der Waals surface area (Å²) in [6.45, 7) is 4.95. The number of hydrogen-bond donors (Lipinski definition) is 2. The Labute approximate surface area is 265 Å². The Kier molecular flexibility index (Phi) is 9.11. The van der Waals surface area contributed by atoms with E-state index in [0.717, 1.165) is 32.2 Å². The van der Waals surface area contributed by atoms with E-state index in [1.54, 1.807) is 6.92 Å². The minimum absolute atomic E-state index is 0.00129. The molecule has 11 heteroatoms. The van der Waals surface area contributed by atoms with E-state index >= 15 is 0 Å². The number of methoxy groups -OCH3 is 1. The van der Waals surface area contributed by atoms with Gasteiger partial charge in [0.05, 0.1) is 18.2 Å². The molecule has 0 amide bonds. The van der Waals surface area contributed by atoms with Gasteiger partial charge in [-0.3, -0.25) is 4.90 Å². The molecule has 3 fully saturated rings. The molecule has 3 aliphatic heterocycles. The number of aromatic nitrogens is 2. The fourth-order valence-corrected chi connectivity index (χ4v) is 7.12. The lowest BCUT2D eigenvalue weighted by Crippen LogP contribution is -2.27. The van der Waals surface area contributed by atoms with Crippen LogP contribution < -0.4 is 15.3 Å². The van der Waals surface area contributed by atoms with Crippen LogP contribution in [0.3, 0.4) is 0 Å². The monoisotopic (exact) mass is 632 g/mol. The van der Waals surface area contributed by atoms with Crippen molar-refractivity contribution in [2.75, 3.05) is 44.8 Å². The van der Waals surface area contributed by atoms with Crippen LogP contribution in [-0.2, 0) is 0 Å². The number of nitrogens with zero attached hydrogens (tertiary/aromatic N) is 4. The Bertz CT molecular complexity index is 1860. The number of alkyl halides is 1. The lowest BCUT2D eigenvalue weighted by Gasteiger charge is -2.23. The molecular weight excluding hydrogens is 594 g/mol. The second kappa shape index (κ2) is 13.2. The number of benzene rings is 2. The summed E-state index contributed by atoms with van der Waals surface area (Å²) in [5, 5.41) is 21.1. The van der Waals surface area contributed by atoms with E-state index in [9.17, 15) is 23.8 Å². The van der Waals surface area contributed by atoms with Crippen LogP contribution in [0.15, 0.2) is 33.5 Å². The number of terminal acetylenes is 1. The number of aliphatic hydroxyl groups is 1. The van der Waals surface area contributed by atoms with E-state index < -0.39 is 17.6 Å². The summed E-state index contributed by atoms with van der Waals surface area (Å²) in [6, 6.07) is 6.29. The first-order valence-corrected chi connectivity index (χ1v) is 15.8. The SMILES string of the molecule is C#Cc1c(F)ccc2cc(O)cc(-c3oc(=O)c4c(N5CCCC(CO)CC5)nc(OC)nc4c3C)c12.FC1CC2CCCN2C1. The van der Waals surface area contributed by atoms with Gasteiger partial charge in [0.1, 0.15) is 28.9 Å². The first kappa shape index (κ1) is 31.7. The number of fused-ring (bicyclic) bond motifs is 3. The number of hydrogen-bond acceptors (Lipinski definition) is 9. The van der Waals surface area contributed by atoms with E-state index in [0.29, 0.717) is 53.3 Å². The van der Waals surface area contributed by atoms with Crippen LogP contribution in [0.5, 0.6) is 11.8 Å². The molecule has 3 saturated heterocycles. The normalized spacial score (nSPS) is 21.5. The molecule has 0 bridgehead atoms. The van der Waals surface area contributed by atoms with Crippen molar-refractivity contribution >= 4 is 27.5 Å². The fourth-order valence-electron chi connectivity index (χ4n) is 7.12.